The predicted octanol–water partition coefficient (Wildman–Crippen LogP) is 0.639. The number of imidazole rings is 1. The molecule has 0 bridgehead atoms. The average Bonchev–Trinajstić information content (AvgIpc) is 2.81. The topological polar surface area (TPSA) is 74.7 Å². The zero-order chi connectivity index (χ0) is 15.1. The van der Waals surface area contributed by atoms with E-state index >= 15 is 0 Å². The SMILES string of the molecule is Cn1c(=O)c2nc(Br)n(Cc3ccccn3)c2n(C)c1=O. The fourth-order valence-electron chi connectivity index (χ4n) is 2.26. The third-order valence-electron chi connectivity index (χ3n) is 3.34. The number of rotatable bonds is 2. The van der Waals surface area contributed by atoms with Crippen molar-refractivity contribution in [2.75, 3.05) is 0 Å². The van der Waals surface area contributed by atoms with Crippen LogP contribution in [-0.4, -0.2) is 23.7 Å². The molecule has 0 spiro atoms. The van der Waals surface area contributed by atoms with E-state index in [1.165, 1.54) is 11.6 Å². The van der Waals surface area contributed by atoms with Gasteiger partial charge in [-0.1, -0.05) is 6.07 Å². The molecule has 0 saturated carbocycles. The first-order valence-corrected chi connectivity index (χ1v) is 7.01. The highest BCUT2D eigenvalue weighted by Gasteiger charge is 2.17. The zero-order valence-electron chi connectivity index (χ0n) is 11.4. The van der Waals surface area contributed by atoms with E-state index in [1.54, 1.807) is 17.8 Å². The Kier molecular flexibility index (Phi) is 3.25. The molecule has 21 heavy (non-hydrogen) atoms. The van der Waals surface area contributed by atoms with Crippen LogP contribution in [0.1, 0.15) is 5.69 Å². The quantitative estimate of drug-likeness (QED) is 0.636. The smallest absolute Gasteiger partial charge is 0.298 e. The van der Waals surface area contributed by atoms with Gasteiger partial charge in [-0.25, -0.2) is 9.78 Å². The molecule has 3 aromatic rings. The number of halogens is 1. The highest BCUT2D eigenvalue weighted by atomic mass is 79.9. The Morgan fingerprint density at radius 2 is 1.95 bits per heavy atom. The number of aromatic nitrogens is 5. The number of pyridine rings is 1. The van der Waals surface area contributed by atoms with Crippen molar-refractivity contribution >= 4 is 27.1 Å². The molecule has 108 valence electrons. The summed E-state index contributed by atoms with van der Waals surface area (Å²) in [7, 11) is 3.06. The van der Waals surface area contributed by atoms with E-state index in [0.717, 1.165) is 10.3 Å². The molecule has 0 saturated heterocycles. The van der Waals surface area contributed by atoms with Gasteiger partial charge in [0.15, 0.2) is 15.9 Å². The van der Waals surface area contributed by atoms with Crippen LogP contribution in [0.25, 0.3) is 11.2 Å². The summed E-state index contributed by atoms with van der Waals surface area (Å²) in [5.74, 6) is 0. The Morgan fingerprint density at radius 3 is 2.62 bits per heavy atom. The molecule has 3 rings (SSSR count). The van der Waals surface area contributed by atoms with Gasteiger partial charge >= 0.3 is 5.69 Å². The lowest BCUT2D eigenvalue weighted by molar-refractivity contribution is 0.681. The van der Waals surface area contributed by atoms with Gasteiger partial charge in [-0.2, -0.15) is 0 Å². The Labute approximate surface area is 127 Å². The largest absolute Gasteiger partial charge is 0.332 e. The average molecular weight is 350 g/mol. The summed E-state index contributed by atoms with van der Waals surface area (Å²) in [6, 6.07) is 5.58. The van der Waals surface area contributed by atoms with Crippen molar-refractivity contribution in [1.82, 2.24) is 23.7 Å². The van der Waals surface area contributed by atoms with E-state index in [2.05, 4.69) is 25.9 Å². The molecule has 0 aliphatic carbocycles. The minimum atomic E-state index is -0.409. The van der Waals surface area contributed by atoms with Gasteiger partial charge in [-0.3, -0.25) is 23.5 Å². The van der Waals surface area contributed by atoms with Gasteiger partial charge in [0.05, 0.1) is 12.2 Å². The van der Waals surface area contributed by atoms with Crippen molar-refractivity contribution in [3.8, 4) is 0 Å². The van der Waals surface area contributed by atoms with Gasteiger partial charge in [0.2, 0.25) is 0 Å². The summed E-state index contributed by atoms with van der Waals surface area (Å²) in [4.78, 5) is 32.7. The predicted molar refractivity (Wildman–Crippen MR) is 81.3 cm³/mol. The molecule has 7 nitrogen and oxygen atoms in total. The number of aryl methyl sites for hydroxylation is 1. The van der Waals surface area contributed by atoms with Gasteiger partial charge < -0.3 is 0 Å². The normalized spacial score (nSPS) is 11.2. The van der Waals surface area contributed by atoms with Crippen molar-refractivity contribution < 1.29 is 0 Å². The number of hydrogen-bond acceptors (Lipinski definition) is 4. The Balaban J connectivity index is 2.32. The third-order valence-corrected chi connectivity index (χ3v) is 3.94. The minimum Gasteiger partial charge on any atom is -0.298 e. The monoisotopic (exact) mass is 349 g/mol. The first-order chi connectivity index (χ1) is 10.0. The Hall–Kier alpha value is -2.22. The van der Waals surface area contributed by atoms with E-state index in [-0.39, 0.29) is 11.2 Å². The number of hydrogen-bond donors (Lipinski definition) is 0. The summed E-state index contributed by atoms with van der Waals surface area (Å²) in [5, 5.41) is 0. The zero-order valence-corrected chi connectivity index (χ0v) is 13.0. The molecular weight excluding hydrogens is 338 g/mol. The van der Waals surface area contributed by atoms with Gasteiger partial charge in [-0.05, 0) is 28.1 Å². The Morgan fingerprint density at radius 1 is 1.19 bits per heavy atom. The van der Waals surface area contributed by atoms with Crippen molar-refractivity contribution in [3.05, 3.63) is 55.7 Å². The van der Waals surface area contributed by atoms with E-state index in [4.69, 9.17) is 0 Å². The van der Waals surface area contributed by atoms with Crippen molar-refractivity contribution in [2.24, 2.45) is 14.1 Å². The maximum Gasteiger partial charge on any atom is 0.332 e. The summed E-state index contributed by atoms with van der Waals surface area (Å²) >= 11 is 3.35. The van der Waals surface area contributed by atoms with Crippen LogP contribution < -0.4 is 11.2 Å². The number of nitrogens with zero attached hydrogens (tertiary/aromatic N) is 5. The van der Waals surface area contributed by atoms with Gasteiger partial charge in [0.25, 0.3) is 5.56 Å². The Bertz CT molecular complexity index is 939. The molecule has 3 heterocycles. The highest BCUT2D eigenvalue weighted by Crippen LogP contribution is 2.17. The molecule has 0 aliphatic heterocycles. The summed E-state index contributed by atoms with van der Waals surface area (Å²) in [5.41, 5.74) is 0.740. The molecule has 0 unspecified atom stereocenters. The van der Waals surface area contributed by atoms with Crippen LogP contribution in [0, 0.1) is 0 Å². The van der Waals surface area contributed by atoms with Crippen LogP contribution in [0.2, 0.25) is 0 Å². The highest BCUT2D eigenvalue weighted by molar-refractivity contribution is 9.10. The van der Waals surface area contributed by atoms with Crippen molar-refractivity contribution in [2.45, 2.75) is 6.54 Å². The van der Waals surface area contributed by atoms with Crippen molar-refractivity contribution in [3.63, 3.8) is 0 Å². The minimum absolute atomic E-state index is 0.252. The first-order valence-electron chi connectivity index (χ1n) is 6.22. The molecule has 8 heteroatoms. The molecule has 0 fully saturated rings. The first kappa shape index (κ1) is 13.7. The standard InChI is InChI=1S/C13H12BrN5O2/c1-17-10-9(11(20)18(2)13(17)21)16-12(14)19(10)7-8-5-3-4-6-15-8/h3-6H,7H2,1-2H3. The third kappa shape index (κ3) is 2.11. The van der Waals surface area contributed by atoms with Crippen LogP contribution >= 0.6 is 15.9 Å². The van der Waals surface area contributed by atoms with E-state index in [0.29, 0.717) is 16.9 Å². The number of fused-ring (bicyclic) bond motifs is 1. The molecule has 0 atom stereocenters. The van der Waals surface area contributed by atoms with Crippen LogP contribution in [0.15, 0.2) is 38.7 Å². The van der Waals surface area contributed by atoms with E-state index in [9.17, 15) is 9.59 Å². The molecule has 3 aromatic heterocycles. The second-order valence-electron chi connectivity index (χ2n) is 4.67. The lowest BCUT2D eigenvalue weighted by Gasteiger charge is -2.09. The van der Waals surface area contributed by atoms with Gasteiger partial charge in [0, 0.05) is 20.3 Å². The van der Waals surface area contributed by atoms with E-state index in [1.807, 2.05) is 18.2 Å². The maximum absolute atomic E-state index is 12.2. The summed E-state index contributed by atoms with van der Waals surface area (Å²) in [6.45, 7) is 0.415. The second-order valence-corrected chi connectivity index (χ2v) is 5.38. The molecule has 0 radical (unpaired) electrons. The summed E-state index contributed by atoms with van der Waals surface area (Å²) < 4.78 is 4.70. The van der Waals surface area contributed by atoms with Crippen molar-refractivity contribution in [1.29, 1.82) is 0 Å². The van der Waals surface area contributed by atoms with E-state index < -0.39 is 5.56 Å². The summed E-state index contributed by atoms with van der Waals surface area (Å²) in [6.07, 6.45) is 1.69. The van der Waals surface area contributed by atoms with Gasteiger partial charge in [0.1, 0.15) is 0 Å². The van der Waals surface area contributed by atoms with Crippen LogP contribution in [-0.2, 0) is 20.6 Å². The van der Waals surface area contributed by atoms with Crippen LogP contribution in [0.4, 0.5) is 0 Å². The van der Waals surface area contributed by atoms with Crippen LogP contribution in [0.5, 0.6) is 0 Å². The fraction of sp³-hybridized carbons (Fsp3) is 0.231. The molecular formula is C13H12BrN5O2. The molecule has 0 aromatic carbocycles. The van der Waals surface area contributed by atoms with Crippen LogP contribution in [0.3, 0.4) is 0 Å². The molecule has 0 aliphatic rings. The lowest BCUT2D eigenvalue weighted by Crippen LogP contribution is -2.37. The molecule has 0 amide bonds. The lowest BCUT2D eigenvalue weighted by atomic mass is 10.3. The molecule has 0 N–H and O–H groups in total. The second kappa shape index (κ2) is 4.96. The van der Waals surface area contributed by atoms with Gasteiger partial charge in [-0.15, -0.1) is 0 Å². The maximum atomic E-state index is 12.2. The fourth-order valence-corrected chi connectivity index (χ4v) is 2.73.